The van der Waals surface area contributed by atoms with Crippen LogP contribution in [0.15, 0.2) is 18.2 Å². The van der Waals surface area contributed by atoms with Crippen molar-refractivity contribution in [3.63, 3.8) is 0 Å². The van der Waals surface area contributed by atoms with Crippen LogP contribution in [0, 0.1) is 11.7 Å². The van der Waals surface area contributed by atoms with Crippen molar-refractivity contribution in [1.82, 2.24) is 4.90 Å². The van der Waals surface area contributed by atoms with E-state index in [1.165, 1.54) is 37.8 Å². The van der Waals surface area contributed by atoms with Gasteiger partial charge < -0.3 is 5.11 Å². The van der Waals surface area contributed by atoms with Crippen molar-refractivity contribution in [2.45, 2.75) is 39.2 Å². The summed E-state index contributed by atoms with van der Waals surface area (Å²) >= 11 is 0. The normalized spacial score (nSPS) is 17.3. The first-order valence-corrected chi connectivity index (χ1v) is 7.34. The molecule has 1 aliphatic rings. The van der Waals surface area contributed by atoms with Crippen LogP contribution in [0.1, 0.15) is 48.5 Å². The van der Waals surface area contributed by atoms with Gasteiger partial charge in [-0.25, -0.2) is 9.18 Å². The van der Waals surface area contributed by atoms with E-state index in [1.54, 1.807) is 6.07 Å². The van der Waals surface area contributed by atoms with E-state index in [4.69, 9.17) is 5.11 Å². The highest BCUT2D eigenvalue weighted by Gasteiger charge is 2.19. The number of hydrogen-bond acceptors (Lipinski definition) is 2. The molecule has 20 heavy (non-hydrogen) atoms. The average molecular weight is 279 g/mol. The van der Waals surface area contributed by atoms with Crippen molar-refractivity contribution in [2.75, 3.05) is 13.1 Å². The first-order valence-electron chi connectivity index (χ1n) is 7.34. The highest BCUT2D eigenvalue weighted by Crippen LogP contribution is 2.23. The molecule has 1 aliphatic heterocycles. The number of likely N-dealkylation sites (tertiary alicyclic amines) is 1. The molecule has 2 rings (SSSR count). The monoisotopic (exact) mass is 279 g/mol. The summed E-state index contributed by atoms with van der Waals surface area (Å²) in [5, 5.41) is 8.81. The predicted molar refractivity (Wildman–Crippen MR) is 76.3 cm³/mol. The molecule has 110 valence electrons. The van der Waals surface area contributed by atoms with E-state index in [-0.39, 0.29) is 5.56 Å². The highest BCUT2D eigenvalue weighted by molar-refractivity contribution is 5.87. The molecule has 0 unspecified atom stereocenters. The fourth-order valence-electron chi connectivity index (χ4n) is 2.93. The minimum Gasteiger partial charge on any atom is -0.478 e. The van der Waals surface area contributed by atoms with Gasteiger partial charge in [0.2, 0.25) is 0 Å². The molecule has 1 heterocycles. The second-order valence-electron chi connectivity index (χ2n) is 5.63. The maximum Gasteiger partial charge on any atom is 0.338 e. The van der Waals surface area contributed by atoms with Gasteiger partial charge in [-0.05, 0) is 49.5 Å². The molecule has 0 amide bonds. The number of carboxylic acid groups (broad SMARTS) is 1. The van der Waals surface area contributed by atoms with Crippen molar-refractivity contribution in [2.24, 2.45) is 5.92 Å². The maximum atomic E-state index is 13.6. The molecule has 1 fully saturated rings. The molecule has 1 aromatic carbocycles. The van der Waals surface area contributed by atoms with E-state index in [1.807, 2.05) is 0 Å². The largest absolute Gasteiger partial charge is 0.478 e. The number of nitrogens with zero attached hydrogens (tertiary/aromatic N) is 1. The van der Waals surface area contributed by atoms with Gasteiger partial charge in [-0.2, -0.15) is 0 Å². The van der Waals surface area contributed by atoms with Gasteiger partial charge in [0.1, 0.15) is 5.82 Å². The molecule has 0 atom stereocenters. The first kappa shape index (κ1) is 15.0. The van der Waals surface area contributed by atoms with Gasteiger partial charge >= 0.3 is 5.97 Å². The summed E-state index contributed by atoms with van der Waals surface area (Å²) in [4.78, 5) is 13.1. The van der Waals surface area contributed by atoms with Crippen LogP contribution in [-0.4, -0.2) is 29.1 Å². The molecule has 0 aromatic heterocycles. The maximum absolute atomic E-state index is 13.6. The van der Waals surface area contributed by atoms with E-state index in [2.05, 4.69) is 11.8 Å². The number of carbonyl (C=O) groups is 1. The molecule has 4 heteroatoms. The molecule has 3 nitrogen and oxygen atoms in total. The Morgan fingerprint density at radius 3 is 2.65 bits per heavy atom. The van der Waals surface area contributed by atoms with Gasteiger partial charge in [0.25, 0.3) is 0 Å². The Hall–Kier alpha value is -1.42. The summed E-state index contributed by atoms with van der Waals surface area (Å²) in [6.07, 6.45) is 4.97. The zero-order valence-corrected chi connectivity index (χ0v) is 11.9. The van der Waals surface area contributed by atoms with Crippen molar-refractivity contribution < 1.29 is 14.3 Å². The van der Waals surface area contributed by atoms with Crippen LogP contribution < -0.4 is 0 Å². The Morgan fingerprint density at radius 1 is 1.40 bits per heavy atom. The molecule has 0 radical (unpaired) electrons. The van der Waals surface area contributed by atoms with Gasteiger partial charge in [-0.1, -0.05) is 25.8 Å². The summed E-state index contributed by atoms with van der Waals surface area (Å²) in [7, 11) is 0. The summed E-state index contributed by atoms with van der Waals surface area (Å²) in [6, 6.07) is 4.42. The number of hydrogen-bond donors (Lipinski definition) is 1. The van der Waals surface area contributed by atoms with Gasteiger partial charge in [0.05, 0.1) is 5.56 Å². The van der Waals surface area contributed by atoms with Crippen LogP contribution in [0.25, 0.3) is 0 Å². The molecule has 1 aromatic rings. The lowest BCUT2D eigenvalue weighted by molar-refractivity contribution is 0.0692. The number of rotatable bonds is 5. The zero-order valence-electron chi connectivity index (χ0n) is 11.9. The lowest BCUT2D eigenvalue weighted by Crippen LogP contribution is -2.33. The molecule has 0 aliphatic carbocycles. The van der Waals surface area contributed by atoms with Crippen molar-refractivity contribution in [3.8, 4) is 0 Å². The summed E-state index contributed by atoms with van der Waals surface area (Å²) in [5.41, 5.74) is 0.594. The van der Waals surface area contributed by atoms with Crippen molar-refractivity contribution in [3.05, 3.63) is 35.1 Å². The Balaban J connectivity index is 1.91. The minimum absolute atomic E-state index is 0.254. The Labute approximate surface area is 119 Å². The van der Waals surface area contributed by atoms with Crippen LogP contribution in [-0.2, 0) is 6.54 Å². The predicted octanol–water partition coefficient (Wildman–Crippen LogP) is 3.54. The summed E-state index contributed by atoms with van der Waals surface area (Å²) in [5.74, 6) is -1.02. The second-order valence-corrected chi connectivity index (χ2v) is 5.63. The molecular formula is C16H22FNO2. The molecular weight excluding hydrogens is 257 g/mol. The number of halogens is 1. The molecule has 0 saturated carbocycles. The topological polar surface area (TPSA) is 40.5 Å². The third-order valence-corrected chi connectivity index (χ3v) is 4.07. The van der Waals surface area contributed by atoms with E-state index in [9.17, 15) is 9.18 Å². The van der Waals surface area contributed by atoms with Crippen LogP contribution >= 0.6 is 0 Å². The van der Waals surface area contributed by atoms with Gasteiger partial charge in [-0.15, -0.1) is 0 Å². The fourth-order valence-corrected chi connectivity index (χ4v) is 2.93. The summed E-state index contributed by atoms with van der Waals surface area (Å²) in [6.45, 7) is 5.02. The quantitative estimate of drug-likeness (QED) is 0.896. The van der Waals surface area contributed by atoms with Crippen molar-refractivity contribution >= 4 is 5.97 Å². The SMILES string of the molecule is CCCC1CCN(Cc2ccc(C(=O)O)c(F)c2)CC1. The minimum atomic E-state index is -1.21. The van der Waals surface area contributed by atoms with E-state index >= 15 is 0 Å². The third-order valence-electron chi connectivity index (χ3n) is 4.07. The van der Waals surface area contributed by atoms with Crippen LogP contribution in [0.5, 0.6) is 0 Å². The lowest BCUT2D eigenvalue weighted by atomic mass is 9.92. The Morgan fingerprint density at radius 2 is 2.10 bits per heavy atom. The van der Waals surface area contributed by atoms with Crippen LogP contribution in [0.2, 0.25) is 0 Å². The Kier molecular flexibility index (Phi) is 5.12. The van der Waals surface area contributed by atoms with Crippen LogP contribution in [0.4, 0.5) is 4.39 Å². The smallest absolute Gasteiger partial charge is 0.338 e. The van der Waals surface area contributed by atoms with E-state index < -0.39 is 11.8 Å². The number of benzene rings is 1. The van der Waals surface area contributed by atoms with Gasteiger partial charge in [0.15, 0.2) is 0 Å². The molecule has 0 spiro atoms. The fraction of sp³-hybridized carbons (Fsp3) is 0.562. The number of piperidine rings is 1. The average Bonchev–Trinajstić information content (AvgIpc) is 2.41. The first-order chi connectivity index (χ1) is 9.60. The third kappa shape index (κ3) is 3.79. The molecule has 0 bridgehead atoms. The molecule has 1 N–H and O–H groups in total. The Bertz CT molecular complexity index is 468. The van der Waals surface area contributed by atoms with E-state index in [0.717, 1.165) is 24.6 Å². The molecule has 1 saturated heterocycles. The van der Waals surface area contributed by atoms with Gasteiger partial charge in [0, 0.05) is 6.54 Å². The zero-order chi connectivity index (χ0) is 14.5. The van der Waals surface area contributed by atoms with E-state index in [0.29, 0.717) is 6.54 Å². The summed E-state index contributed by atoms with van der Waals surface area (Å²) < 4.78 is 13.6. The lowest BCUT2D eigenvalue weighted by Gasteiger charge is -2.31. The van der Waals surface area contributed by atoms with Crippen LogP contribution in [0.3, 0.4) is 0 Å². The second kappa shape index (κ2) is 6.84. The highest BCUT2D eigenvalue weighted by atomic mass is 19.1. The number of carboxylic acids is 1. The number of aromatic carboxylic acids is 1. The van der Waals surface area contributed by atoms with Gasteiger partial charge in [-0.3, -0.25) is 4.90 Å². The van der Waals surface area contributed by atoms with Crippen molar-refractivity contribution in [1.29, 1.82) is 0 Å². The standard InChI is InChI=1S/C16H22FNO2/c1-2-3-12-6-8-18(9-7-12)11-13-4-5-14(16(19)20)15(17)10-13/h4-5,10,12H,2-3,6-9,11H2,1H3,(H,19,20).